The maximum absolute atomic E-state index is 5.64. The van der Waals surface area contributed by atoms with E-state index in [1.807, 2.05) is 10.5 Å². The van der Waals surface area contributed by atoms with Crippen LogP contribution in [0.1, 0.15) is 0 Å². The molecule has 0 atom stereocenters. The van der Waals surface area contributed by atoms with Crippen LogP contribution in [-0.2, 0) is 0 Å². The van der Waals surface area contributed by atoms with Crippen molar-refractivity contribution < 1.29 is 0 Å². The Hall–Kier alpha value is -1.21. The summed E-state index contributed by atoms with van der Waals surface area (Å²) in [4.78, 5) is 5.16. The van der Waals surface area contributed by atoms with Crippen molar-refractivity contribution in [1.82, 2.24) is 19.6 Å². The van der Waals surface area contributed by atoms with Gasteiger partial charge in [-0.15, -0.1) is 10.2 Å². The number of pyridine rings is 1. The van der Waals surface area contributed by atoms with E-state index in [0.717, 1.165) is 20.5 Å². The molecule has 0 aliphatic carbocycles. The van der Waals surface area contributed by atoms with Crippen molar-refractivity contribution in [3.63, 3.8) is 0 Å². The van der Waals surface area contributed by atoms with Gasteiger partial charge in [0.2, 0.25) is 0 Å². The van der Waals surface area contributed by atoms with Gasteiger partial charge in [-0.05, 0) is 22.0 Å². The SMILES string of the molecule is Nc1nc2cc(Br)c3nncn3c2s1. The first-order valence-electron chi connectivity index (χ1n) is 3.80. The molecule has 0 aliphatic heterocycles. The third kappa shape index (κ3) is 0.962. The number of aromatic nitrogens is 4. The number of rotatable bonds is 0. The predicted molar refractivity (Wildman–Crippen MR) is 58.3 cm³/mol. The minimum Gasteiger partial charge on any atom is -0.375 e. The van der Waals surface area contributed by atoms with E-state index < -0.39 is 0 Å². The molecule has 7 heteroatoms. The van der Waals surface area contributed by atoms with Crippen molar-refractivity contribution in [1.29, 1.82) is 0 Å². The zero-order valence-electron chi connectivity index (χ0n) is 6.81. The van der Waals surface area contributed by atoms with Gasteiger partial charge in [0.25, 0.3) is 0 Å². The van der Waals surface area contributed by atoms with Crippen LogP contribution in [0.25, 0.3) is 16.0 Å². The van der Waals surface area contributed by atoms with Crippen LogP contribution in [-0.4, -0.2) is 19.6 Å². The van der Waals surface area contributed by atoms with Crippen molar-refractivity contribution in [3.05, 3.63) is 16.9 Å². The lowest BCUT2D eigenvalue weighted by Crippen LogP contribution is -1.85. The highest BCUT2D eigenvalue weighted by Gasteiger charge is 2.09. The smallest absolute Gasteiger partial charge is 0.182 e. The van der Waals surface area contributed by atoms with E-state index >= 15 is 0 Å². The van der Waals surface area contributed by atoms with Crippen LogP contribution in [0.15, 0.2) is 16.9 Å². The number of thiazole rings is 1. The van der Waals surface area contributed by atoms with Crippen LogP contribution >= 0.6 is 27.3 Å². The van der Waals surface area contributed by atoms with Gasteiger partial charge in [-0.3, -0.25) is 4.40 Å². The van der Waals surface area contributed by atoms with E-state index in [0.29, 0.717) is 5.13 Å². The molecule has 3 aromatic rings. The predicted octanol–water partition coefficient (Wildman–Crippen LogP) is 1.68. The molecular formula is C7H4BrN5S. The van der Waals surface area contributed by atoms with E-state index in [-0.39, 0.29) is 0 Å². The fourth-order valence-electron chi connectivity index (χ4n) is 1.34. The van der Waals surface area contributed by atoms with Gasteiger partial charge in [0.15, 0.2) is 10.8 Å². The Morgan fingerprint density at radius 2 is 2.36 bits per heavy atom. The largest absolute Gasteiger partial charge is 0.375 e. The maximum Gasteiger partial charge on any atom is 0.182 e. The summed E-state index contributed by atoms with van der Waals surface area (Å²) < 4.78 is 2.74. The van der Waals surface area contributed by atoms with Gasteiger partial charge in [0.1, 0.15) is 16.7 Å². The van der Waals surface area contributed by atoms with Gasteiger partial charge in [0, 0.05) is 0 Å². The number of fused-ring (bicyclic) bond motifs is 3. The van der Waals surface area contributed by atoms with E-state index in [9.17, 15) is 0 Å². The zero-order chi connectivity index (χ0) is 9.71. The zero-order valence-corrected chi connectivity index (χ0v) is 9.21. The summed E-state index contributed by atoms with van der Waals surface area (Å²) in [6.45, 7) is 0. The molecule has 0 radical (unpaired) electrons. The minimum atomic E-state index is 0.549. The fraction of sp³-hybridized carbons (Fsp3) is 0. The molecule has 70 valence electrons. The molecule has 0 unspecified atom stereocenters. The third-order valence-electron chi connectivity index (χ3n) is 1.89. The Kier molecular flexibility index (Phi) is 1.53. The summed E-state index contributed by atoms with van der Waals surface area (Å²) in [5, 5.41) is 8.37. The van der Waals surface area contributed by atoms with Crippen molar-refractivity contribution >= 4 is 48.4 Å². The first-order chi connectivity index (χ1) is 6.75. The Morgan fingerprint density at radius 1 is 1.50 bits per heavy atom. The number of nitrogens with two attached hydrogens (primary N) is 1. The standard InChI is InChI=1S/C7H4BrN5S/c8-3-1-4-6(14-7(9)11-4)13-2-10-12-5(3)13/h1-2H,(H2,9,11). The Morgan fingerprint density at radius 3 is 3.21 bits per heavy atom. The monoisotopic (exact) mass is 269 g/mol. The summed E-state index contributed by atoms with van der Waals surface area (Å²) in [6.07, 6.45) is 1.65. The van der Waals surface area contributed by atoms with Gasteiger partial charge in [0.05, 0.1) is 4.47 Å². The molecule has 0 aromatic carbocycles. The van der Waals surface area contributed by atoms with Crippen molar-refractivity contribution in [2.24, 2.45) is 0 Å². The summed E-state index contributed by atoms with van der Waals surface area (Å²) in [5.41, 5.74) is 7.27. The van der Waals surface area contributed by atoms with Gasteiger partial charge in [-0.25, -0.2) is 4.98 Å². The summed E-state index contributed by atoms with van der Waals surface area (Å²) in [7, 11) is 0. The molecule has 14 heavy (non-hydrogen) atoms. The van der Waals surface area contributed by atoms with Crippen LogP contribution < -0.4 is 5.73 Å². The quantitative estimate of drug-likeness (QED) is 0.674. The lowest BCUT2D eigenvalue weighted by Gasteiger charge is -1.95. The van der Waals surface area contributed by atoms with E-state index in [4.69, 9.17) is 5.73 Å². The average Bonchev–Trinajstić information content (AvgIpc) is 2.69. The van der Waals surface area contributed by atoms with Gasteiger partial charge in [-0.2, -0.15) is 0 Å². The number of halogens is 1. The molecule has 3 rings (SSSR count). The number of nitrogens with zero attached hydrogens (tertiary/aromatic N) is 4. The van der Waals surface area contributed by atoms with E-state index in [1.165, 1.54) is 11.3 Å². The van der Waals surface area contributed by atoms with Crippen molar-refractivity contribution in [2.75, 3.05) is 5.73 Å². The van der Waals surface area contributed by atoms with Crippen LogP contribution in [0.2, 0.25) is 0 Å². The minimum absolute atomic E-state index is 0.549. The molecule has 0 bridgehead atoms. The number of hydrogen-bond donors (Lipinski definition) is 1. The second-order valence-corrected chi connectivity index (χ2v) is 4.62. The molecular weight excluding hydrogens is 266 g/mol. The third-order valence-corrected chi connectivity index (χ3v) is 3.38. The summed E-state index contributed by atoms with van der Waals surface area (Å²) >= 11 is 4.83. The van der Waals surface area contributed by atoms with Crippen molar-refractivity contribution in [3.8, 4) is 0 Å². The van der Waals surface area contributed by atoms with Gasteiger partial charge < -0.3 is 5.73 Å². The second-order valence-electron chi connectivity index (χ2n) is 2.76. The number of nitrogen functional groups attached to an aromatic ring is 1. The van der Waals surface area contributed by atoms with Gasteiger partial charge in [-0.1, -0.05) is 11.3 Å². The summed E-state index contributed by atoms with van der Waals surface area (Å²) in [5.74, 6) is 0. The Labute approximate surface area is 90.7 Å². The van der Waals surface area contributed by atoms with Gasteiger partial charge >= 0.3 is 0 Å². The molecule has 2 N–H and O–H groups in total. The molecule has 3 aromatic heterocycles. The molecule has 0 fully saturated rings. The Balaban J connectivity index is 2.64. The molecule has 3 heterocycles. The van der Waals surface area contributed by atoms with E-state index in [2.05, 4.69) is 31.1 Å². The topological polar surface area (TPSA) is 69.1 Å². The normalized spacial score (nSPS) is 11.5. The lowest BCUT2D eigenvalue weighted by molar-refractivity contribution is 1.11. The fourth-order valence-corrected chi connectivity index (χ4v) is 2.61. The molecule has 0 saturated heterocycles. The summed E-state index contributed by atoms with van der Waals surface area (Å²) in [6, 6.07) is 1.90. The Bertz CT molecular complexity index is 627. The van der Waals surface area contributed by atoms with Crippen LogP contribution in [0.5, 0.6) is 0 Å². The molecule has 0 aliphatic rings. The highest BCUT2D eigenvalue weighted by atomic mass is 79.9. The van der Waals surface area contributed by atoms with Crippen LogP contribution in [0, 0.1) is 0 Å². The maximum atomic E-state index is 5.64. The molecule has 0 saturated carbocycles. The first kappa shape index (κ1) is 8.13. The average molecular weight is 270 g/mol. The number of anilines is 1. The van der Waals surface area contributed by atoms with Crippen LogP contribution in [0.3, 0.4) is 0 Å². The molecule has 0 amide bonds. The molecule has 5 nitrogen and oxygen atoms in total. The van der Waals surface area contributed by atoms with Crippen LogP contribution in [0.4, 0.5) is 5.13 Å². The second kappa shape index (κ2) is 2.64. The van der Waals surface area contributed by atoms with E-state index in [1.54, 1.807) is 6.33 Å². The highest BCUT2D eigenvalue weighted by molar-refractivity contribution is 9.10. The highest BCUT2D eigenvalue weighted by Crippen LogP contribution is 2.28. The molecule has 0 spiro atoms. The number of hydrogen-bond acceptors (Lipinski definition) is 5. The first-order valence-corrected chi connectivity index (χ1v) is 5.41. The lowest BCUT2D eigenvalue weighted by atomic mass is 10.4. The van der Waals surface area contributed by atoms with Crippen molar-refractivity contribution in [2.45, 2.75) is 0 Å².